The Labute approximate surface area is 132 Å². The van der Waals surface area contributed by atoms with Crippen molar-refractivity contribution in [1.29, 1.82) is 0 Å². The number of aromatic nitrogens is 2. The highest BCUT2D eigenvalue weighted by Gasteiger charge is 2.10. The number of amides is 1. The fourth-order valence-corrected chi connectivity index (χ4v) is 2.09. The molecule has 0 saturated heterocycles. The van der Waals surface area contributed by atoms with Crippen molar-refractivity contribution in [3.8, 4) is 0 Å². The minimum atomic E-state index is -0.274. The first-order valence-electron chi connectivity index (χ1n) is 6.73. The van der Waals surface area contributed by atoms with Crippen LogP contribution < -0.4 is 10.6 Å². The molecule has 1 amide bonds. The summed E-state index contributed by atoms with van der Waals surface area (Å²) in [6.45, 7) is 4.80. The molecule has 2 aromatic rings. The van der Waals surface area contributed by atoms with E-state index in [4.69, 9.17) is 0 Å². The molecule has 0 aliphatic carbocycles. The lowest BCUT2D eigenvalue weighted by molar-refractivity contribution is 0.102. The highest BCUT2D eigenvalue weighted by atomic mass is 79.9. The van der Waals surface area contributed by atoms with Gasteiger partial charge in [-0.2, -0.15) is 0 Å². The van der Waals surface area contributed by atoms with Crippen LogP contribution in [0.3, 0.4) is 0 Å². The average molecular weight is 349 g/mol. The smallest absolute Gasteiger partial charge is 0.275 e. The molecule has 110 valence electrons. The van der Waals surface area contributed by atoms with E-state index in [9.17, 15) is 4.79 Å². The Bertz CT molecular complexity index is 645. The van der Waals surface area contributed by atoms with E-state index in [-0.39, 0.29) is 11.6 Å². The van der Waals surface area contributed by atoms with Crippen LogP contribution in [0.25, 0.3) is 0 Å². The van der Waals surface area contributed by atoms with Crippen LogP contribution in [0.15, 0.2) is 35.1 Å². The predicted octanol–water partition coefficient (Wildman–Crippen LogP) is 3.62. The van der Waals surface area contributed by atoms with Gasteiger partial charge in [0.1, 0.15) is 11.5 Å². The molecule has 0 aliphatic heterocycles. The van der Waals surface area contributed by atoms with E-state index in [0.29, 0.717) is 5.82 Å². The molecule has 0 aliphatic rings. The van der Waals surface area contributed by atoms with Crippen LogP contribution >= 0.6 is 15.9 Å². The largest absolute Gasteiger partial charge is 0.369 e. The summed E-state index contributed by atoms with van der Waals surface area (Å²) in [6.07, 6.45) is 4.05. The van der Waals surface area contributed by atoms with Crippen LogP contribution in [0.2, 0.25) is 0 Å². The topological polar surface area (TPSA) is 66.9 Å². The quantitative estimate of drug-likeness (QED) is 0.865. The van der Waals surface area contributed by atoms with Crippen LogP contribution in [0.1, 0.15) is 29.4 Å². The minimum absolute atomic E-state index is 0.274. The molecule has 2 rings (SSSR count). The Kier molecular flexibility index (Phi) is 5.27. The average Bonchev–Trinajstić information content (AvgIpc) is 2.49. The molecule has 0 radical (unpaired) electrons. The highest BCUT2D eigenvalue weighted by molar-refractivity contribution is 9.10. The standard InChI is InChI=1S/C15H17BrN4O/c1-3-6-18-14-9-17-8-13(19-14)15(21)20-12-7-11(16)5-4-10(12)2/h4-5,7-9H,3,6H2,1-2H3,(H,18,19)(H,20,21). The number of carbonyl (C=O) groups excluding carboxylic acids is 1. The third-order valence-corrected chi connectivity index (χ3v) is 3.36. The number of benzene rings is 1. The van der Waals surface area contributed by atoms with Crippen molar-refractivity contribution >= 4 is 33.3 Å². The van der Waals surface area contributed by atoms with Crippen LogP contribution in [0.4, 0.5) is 11.5 Å². The van der Waals surface area contributed by atoms with Crippen LogP contribution in [-0.2, 0) is 0 Å². The number of rotatable bonds is 5. The summed E-state index contributed by atoms with van der Waals surface area (Å²) in [5.74, 6) is 0.333. The number of nitrogens with one attached hydrogen (secondary N) is 2. The van der Waals surface area contributed by atoms with Crippen molar-refractivity contribution in [2.75, 3.05) is 17.2 Å². The second kappa shape index (κ2) is 7.17. The van der Waals surface area contributed by atoms with Gasteiger partial charge in [0, 0.05) is 16.7 Å². The fraction of sp³-hybridized carbons (Fsp3) is 0.267. The Hall–Kier alpha value is -1.95. The molecule has 0 fully saturated rings. The summed E-state index contributed by atoms with van der Waals surface area (Å²) in [5, 5.41) is 5.96. The zero-order chi connectivity index (χ0) is 15.2. The van der Waals surface area contributed by atoms with E-state index >= 15 is 0 Å². The molecule has 1 aromatic carbocycles. The highest BCUT2D eigenvalue weighted by Crippen LogP contribution is 2.21. The van der Waals surface area contributed by atoms with Gasteiger partial charge in [0.2, 0.25) is 0 Å². The second-order valence-electron chi connectivity index (χ2n) is 4.63. The maximum atomic E-state index is 12.2. The summed E-state index contributed by atoms with van der Waals surface area (Å²) in [4.78, 5) is 20.6. The molecule has 1 heterocycles. The van der Waals surface area contributed by atoms with E-state index in [1.54, 1.807) is 6.20 Å². The fourth-order valence-electron chi connectivity index (χ4n) is 1.73. The lowest BCUT2D eigenvalue weighted by atomic mass is 10.2. The van der Waals surface area contributed by atoms with Gasteiger partial charge in [0.25, 0.3) is 5.91 Å². The van der Waals surface area contributed by atoms with Gasteiger partial charge >= 0.3 is 0 Å². The van der Waals surface area contributed by atoms with Gasteiger partial charge in [-0.05, 0) is 31.0 Å². The molecule has 5 nitrogen and oxygen atoms in total. The van der Waals surface area contributed by atoms with Crippen LogP contribution in [0, 0.1) is 6.92 Å². The second-order valence-corrected chi connectivity index (χ2v) is 5.55. The zero-order valence-corrected chi connectivity index (χ0v) is 13.6. The Morgan fingerprint density at radius 3 is 2.90 bits per heavy atom. The number of anilines is 2. The number of nitrogens with zero attached hydrogens (tertiary/aromatic N) is 2. The molecule has 6 heteroatoms. The number of carbonyl (C=O) groups is 1. The summed E-state index contributed by atoms with van der Waals surface area (Å²) in [7, 11) is 0. The first-order chi connectivity index (χ1) is 10.1. The zero-order valence-electron chi connectivity index (χ0n) is 12.0. The molecule has 0 bridgehead atoms. The maximum Gasteiger partial charge on any atom is 0.275 e. The van der Waals surface area contributed by atoms with E-state index in [2.05, 4.69) is 43.5 Å². The number of halogens is 1. The van der Waals surface area contributed by atoms with E-state index in [1.165, 1.54) is 6.20 Å². The number of hydrogen-bond donors (Lipinski definition) is 2. The van der Waals surface area contributed by atoms with Gasteiger partial charge in [0.15, 0.2) is 0 Å². The summed E-state index contributed by atoms with van der Waals surface area (Å²) in [6, 6.07) is 5.73. The van der Waals surface area contributed by atoms with Gasteiger partial charge < -0.3 is 10.6 Å². The third-order valence-electron chi connectivity index (χ3n) is 2.87. The van der Waals surface area contributed by atoms with Crippen molar-refractivity contribution in [3.05, 3.63) is 46.3 Å². The van der Waals surface area contributed by atoms with Crippen LogP contribution in [-0.4, -0.2) is 22.4 Å². The van der Waals surface area contributed by atoms with Gasteiger partial charge in [-0.1, -0.05) is 28.9 Å². The van der Waals surface area contributed by atoms with Crippen molar-refractivity contribution in [2.24, 2.45) is 0 Å². The lowest BCUT2D eigenvalue weighted by Crippen LogP contribution is -2.16. The first-order valence-corrected chi connectivity index (χ1v) is 7.53. The molecule has 0 saturated carbocycles. The van der Waals surface area contributed by atoms with Gasteiger partial charge in [-0.25, -0.2) is 4.98 Å². The normalized spacial score (nSPS) is 10.2. The number of hydrogen-bond acceptors (Lipinski definition) is 4. The first kappa shape index (κ1) is 15.4. The van der Waals surface area contributed by atoms with E-state index in [0.717, 1.165) is 28.7 Å². The van der Waals surface area contributed by atoms with Crippen molar-refractivity contribution < 1.29 is 4.79 Å². The predicted molar refractivity (Wildman–Crippen MR) is 87.6 cm³/mol. The molecule has 2 N–H and O–H groups in total. The summed E-state index contributed by atoms with van der Waals surface area (Å²) >= 11 is 3.39. The number of aryl methyl sites for hydroxylation is 1. The van der Waals surface area contributed by atoms with Gasteiger partial charge in [-0.3, -0.25) is 9.78 Å². The van der Waals surface area contributed by atoms with Crippen molar-refractivity contribution in [2.45, 2.75) is 20.3 Å². The molecule has 0 unspecified atom stereocenters. The van der Waals surface area contributed by atoms with Gasteiger partial charge in [-0.15, -0.1) is 0 Å². The van der Waals surface area contributed by atoms with E-state index in [1.807, 2.05) is 25.1 Å². The Morgan fingerprint density at radius 1 is 1.33 bits per heavy atom. The molecule has 0 spiro atoms. The molecular formula is C15H17BrN4O. The maximum absolute atomic E-state index is 12.2. The Morgan fingerprint density at radius 2 is 2.14 bits per heavy atom. The summed E-state index contributed by atoms with van der Waals surface area (Å²) < 4.78 is 0.910. The van der Waals surface area contributed by atoms with Crippen molar-refractivity contribution in [3.63, 3.8) is 0 Å². The monoisotopic (exact) mass is 348 g/mol. The van der Waals surface area contributed by atoms with Gasteiger partial charge in [0.05, 0.1) is 12.4 Å². The molecule has 1 aromatic heterocycles. The Balaban J connectivity index is 2.14. The third kappa shape index (κ3) is 4.26. The van der Waals surface area contributed by atoms with E-state index < -0.39 is 0 Å². The molecule has 21 heavy (non-hydrogen) atoms. The van der Waals surface area contributed by atoms with Crippen molar-refractivity contribution in [1.82, 2.24) is 9.97 Å². The minimum Gasteiger partial charge on any atom is -0.369 e. The lowest BCUT2D eigenvalue weighted by Gasteiger charge is -2.09. The molecule has 0 atom stereocenters. The van der Waals surface area contributed by atoms with Crippen LogP contribution in [0.5, 0.6) is 0 Å². The SMILES string of the molecule is CCCNc1cncc(C(=O)Nc2cc(Br)ccc2C)n1. The summed E-state index contributed by atoms with van der Waals surface area (Å²) in [5.41, 5.74) is 2.03. The molecular weight excluding hydrogens is 332 g/mol.